The summed E-state index contributed by atoms with van der Waals surface area (Å²) in [6, 6.07) is 15.1. The van der Waals surface area contributed by atoms with Gasteiger partial charge in [0, 0.05) is 16.6 Å². The number of hydrogen-bond donors (Lipinski definition) is 1. The molecule has 3 rings (SSSR count). The van der Waals surface area contributed by atoms with Crippen LogP contribution in [-0.4, -0.2) is 25.1 Å². The fourth-order valence-corrected chi connectivity index (χ4v) is 4.68. The Balaban J connectivity index is 1.65. The number of thiazole rings is 1. The van der Waals surface area contributed by atoms with E-state index in [0.29, 0.717) is 11.4 Å². The third kappa shape index (κ3) is 5.24. The largest absolute Gasteiger partial charge is 0.325 e. The fraction of sp³-hybridized carbons (Fsp3) is 0.200. The van der Waals surface area contributed by atoms with Crippen molar-refractivity contribution in [2.24, 2.45) is 0 Å². The van der Waals surface area contributed by atoms with E-state index in [0.717, 1.165) is 21.7 Å². The molecule has 0 aliphatic rings. The average molecular weight is 401 g/mol. The number of anilines is 1. The number of benzene rings is 2. The Hall–Kier alpha value is -2.51. The first-order chi connectivity index (χ1) is 12.8. The van der Waals surface area contributed by atoms with Gasteiger partial charge in [-0.25, -0.2) is 13.4 Å². The Morgan fingerprint density at radius 2 is 1.78 bits per heavy atom. The molecular formula is C20H20N2O3S2. The zero-order chi connectivity index (χ0) is 19.4. The maximum atomic E-state index is 12.4. The fourth-order valence-electron chi connectivity index (χ4n) is 2.58. The zero-order valence-electron chi connectivity index (χ0n) is 15.1. The molecule has 2 aromatic carbocycles. The van der Waals surface area contributed by atoms with Gasteiger partial charge in [-0.2, -0.15) is 0 Å². The van der Waals surface area contributed by atoms with Gasteiger partial charge in [-0.1, -0.05) is 48.0 Å². The minimum absolute atomic E-state index is 0.253. The first kappa shape index (κ1) is 19.3. The monoisotopic (exact) mass is 400 g/mol. The Morgan fingerprint density at radius 1 is 1.07 bits per heavy atom. The molecule has 27 heavy (non-hydrogen) atoms. The number of nitrogens with zero attached hydrogens (tertiary/aromatic N) is 1. The van der Waals surface area contributed by atoms with Crippen molar-refractivity contribution in [3.63, 3.8) is 0 Å². The summed E-state index contributed by atoms with van der Waals surface area (Å²) in [5.74, 6) is -1.37. The molecule has 0 unspecified atom stereocenters. The lowest BCUT2D eigenvalue weighted by Crippen LogP contribution is -2.24. The molecule has 0 aliphatic carbocycles. The quantitative estimate of drug-likeness (QED) is 0.679. The summed E-state index contributed by atoms with van der Waals surface area (Å²) in [6.45, 7) is 3.86. The van der Waals surface area contributed by atoms with E-state index in [1.165, 1.54) is 11.3 Å². The van der Waals surface area contributed by atoms with E-state index in [1.807, 2.05) is 50.2 Å². The SMILES string of the molecule is Cc1ccc(-c2nc(CS(=O)(=O)CC(=O)Nc3ccccc3C)cs2)cc1. The van der Waals surface area contributed by atoms with Crippen LogP contribution in [0.1, 0.15) is 16.8 Å². The summed E-state index contributed by atoms with van der Waals surface area (Å²) in [7, 11) is -3.61. The van der Waals surface area contributed by atoms with Crippen molar-refractivity contribution in [2.75, 3.05) is 11.1 Å². The van der Waals surface area contributed by atoms with Crippen LogP contribution in [0.25, 0.3) is 10.6 Å². The molecule has 1 heterocycles. The van der Waals surface area contributed by atoms with Crippen LogP contribution in [0.15, 0.2) is 53.9 Å². The first-order valence-electron chi connectivity index (χ1n) is 8.40. The summed E-state index contributed by atoms with van der Waals surface area (Å²) in [5, 5.41) is 5.15. The maximum Gasteiger partial charge on any atom is 0.239 e. The van der Waals surface area contributed by atoms with Crippen LogP contribution in [0.2, 0.25) is 0 Å². The van der Waals surface area contributed by atoms with Crippen molar-refractivity contribution in [1.82, 2.24) is 4.98 Å². The van der Waals surface area contributed by atoms with Crippen molar-refractivity contribution < 1.29 is 13.2 Å². The van der Waals surface area contributed by atoms with Crippen molar-refractivity contribution in [3.05, 3.63) is 70.7 Å². The lowest BCUT2D eigenvalue weighted by molar-refractivity contribution is -0.113. The molecule has 1 amide bonds. The van der Waals surface area contributed by atoms with E-state index in [2.05, 4.69) is 10.3 Å². The highest BCUT2D eigenvalue weighted by Crippen LogP contribution is 2.25. The first-order valence-corrected chi connectivity index (χ1v) is 11.1. The van der Waals surface area contributed by atoms with Crippen molar-refractivity contribution in [3.8, 4) is 10.6 Å². The summed E-state index contributed by atoms with van der Waals surface area (Å²) < 4.78 is 24.8. The molecular weight excluding hydrogens is 380 g/mol. The zero-order valence-corrected chi connectivity index (χ0v) is 16.7. The Bertz CT molecular complexity index is 1050. The highest BCUT2D eigenvalue weighted by Gasteiger charge is 2.20. The number of carbonyl (C=O) groups is 1. The number of amides is 1. The normalized spacial score (nSPS) is 11.3. The molecule has 1 aromatic heterocycles. The molecule has 1 N–H and O–H groups in total. The van der Waals surface area contributed by atoms with Gasteiger partial charge in [0.1, 0.15) is 10.8 Å². The number of sulfone groups is 1. The number of nitrogens with one attached hydrogen (secondary N) is 1. The summed E-state index contributed by atoms with van der Waals surface area (Å²) in [6.07, 6.45) is 0. The van der Waals surface area contributed by atoms with E-state index in [9.17, 15) is 13.2 Å². The van der Waals surface area contributed by atoms with Gasteiger partial charge in [0.2, 0.25) is 5.91 Å². The number of aryl methyl sites for hydroxylation is 2. The number of aromatic nitrogens is 1. The molecule has 3 aromatic rings. The number of carbonyl (C=O) groups excluding carboxylic acids is 1. The van der Waals surface area contributed by atoms with E-state index >= 15 is 0 Å². The smallest absolute Gasteiger partial charge is 0.239 e. The van der Waals surface area contributed by atoms with Crippen molar-refractivity contribution in [2.45, 2.75) is 19.6 Å². The van der Waals surface area contributed by atoms with Gasteiger partial charge in [-0.3, -0.25) is 4.79 Å². The number of para-hydroxylation sites is 1. The van der Waals surface area contributed by atoms with E-state index in [1.54, 1.807) is 17.5 Å². The van der Waals surface area contributed by atoms with Gasteiger partial charge in [-0.15, -0.1) is 11.3 Å². The molecule has 0 atom stereocenters. The molecule has 0 aliphatic heterocycles. The second-order valence-corrected chi connectivity index (χ2v) is 9.33. The Labute approximate surface area is 163 Å². The molecule has 0 radical (unpaired) electrons. The van der Waals surface area contributed by atoms with Gasteiger partial charge in [0.05, 0.1) is 11.4 Å². The van der Waals surface area contributed by atoms with Gasteiger partial charge in [0.15, 0.2) is 9.84 Å². The van der Waals surface area contributed by atoms with Gasteiger partial charge >= 0.3 is 0 Å². The highest BCUT2D eigenvalue weighted by atomic mass is 32.2. The third-order valence-electron chi connectivity index (χ3n) is 3.99. The van der Waals surface area contributed by atoms with Crippen LogP contribution in [0, 0.1) is 13.8 Å². The topological polar surface area (TPSA) is 76.1 Å². The number of hydrogen-bond acceptors (Lipinski definition) is 5. The molecule has 0 saturated carbocycles. The van der Waals surface area contributed by atoms with E-state index in [4.69, 9.17) is 0 Å². The second kappa shape index (κ2) is 8.02. The van der Waals surface area contributed by atoms with Gasteiger partial charge in [0.25, 0.3) is 0 Å². The number of rotatable bonds is 6. The van der Waals surface area contributed by atoms with Crippen LogP contribution in [0.5, 0.6) is 0 Å². The average Bonchev–Trinajstić information content (AvgIpc) is 3.04. The summed E-state index contributed by atoms with van der Waals surface area (Å²) in [4.78, 5) is 16.5. The molecule has 0 spiro atoms. The Morgan fingerprint density at radius 3 is 2.48 bits per heavy atom. The van der Waals surface area contributed by atoms with Crippen LogP contribution in [-0.2, 0) is 20.4 Å². The minimum atomic E-state index is -3.61. The third-order valence-corrected chi connectivity index (χ3v) is 6.37. The summed E-state index contributed by atoms with van der Waals surface area (Å²) in [5.41, 5.74) is 4.06. The predicted octanol–water partition coefficient (Wildman–Crippen LogP) is 3.98. The molecule has 0 saturated heterocycles. The lowest BCUT2D eigenvalue weighted by Gasteiger charge is -2.08. The van der Waals surface area contributed by atoms with Gasteiger partial charge < -0.3 is 5.32 Å². The van der Waals surface area contributed by atoms with Crippen LogP contribution in [0.3, 0.4) is 0 Å². The van der Waals surface area contributed by atoms with E-state index < -0.39 is 21.5 Å². The van der Waals surface area contributed by atoms with Crippen molar-refractivity contribution in [1.29, 1.82) is 0 Å². The lowest BCUT2D eigenvalue weighted by atomic mass is 10.2. The second-order valence-electron chi connectivity index (χ2n) is 6.41. The maximum absolute atomic E-state index is 12.4. The molecule has 140 valence electrons. The van der Waals surface area contributed by atoms with Crippen LogP contribution >= 0.6 is 11.3 Å². The Kier molecular flexibility index (Phi) is 5.72. The van der Waals surface area contributed by atoms with E-state index in [-0.39, 0.29) is 5.75 Å². The standard InChI is InChI=1S/C20H20N2O3S2/c1-14-7-9-16(10-8-14)20-21-17(11-26-20)12-27(24,25)13-19(23)22-18-6-4-3-5-15(18)2/h3-11H,12-13H2,1-2H3,(H,22,23). The summed E-state index contributed by atoms with van der Waals surface area (Å²) >= 11 is 1.40. The minimum Gasteiger partial charge on any atom is -0.325 e. The molecule has 7 heteroatoms. The van der Waals surface area contributed by atoms with Crippen molar-refractivity contribution >= 4 is 32.8 Å². The molecule has 5 nitrogen and oxygen atoms in total. The van der Waals surface area contributed by atoms with Crippen LogP contribution in [0.4, 0.5) is 5.69 Å². The van der Waals surface area contributed by atoms with Gasteiger partial charge in [-0.05, 0) is 25.5 Å². The molecule has 0 fully saturated rings. The van der Waals surface area contributed by atoms with Crippen LogP contribution < -0.4 is 5.32 Å². The molecule has 0 bridgehead atoms. The predicted molar refractivity (Wildman–Crippen MR) is 110 cm³/mol. The highest BCUT2D eigenvalue weighted by molar-refractivity contribution is 7.91.